The van der Waals surface area contributed by atoms with Crippen molar-refractivity contribution in [1.82, 2.24) is 19.5 Å². The third kappa shape index (κ3) is 2.70. The number of aromatic nitrogens is 4. The first-order valence-electron chi connectivity index (χ1n) is 7.43. The quantitative estimate of drug-likeness (QED) is 0.801. The van der Waals surface area contributed by atoms with E-state index in [-0.39, 0.29) is 5.69 Å². The zero-order valence-electron chi connectivity index (χ0n) is 12.3. The Morgan fingerprint density at radius 3 is 2.61 bits per heavy atom. The third-order valence-electron chi connectivity index (χ3n) is 3.81. The van der Waals surface area contributed by atoms with E-state index in [2.05, 4.69) is 15.0 Å². The number of carboxylic acid groups (broad SMARTS) is 1. The Hall–Kier alpha value is -3.02. The molecule has 1 aromatic carbocycles. The van der Waals surface area contributed by atoms with Crippen molar-refractivity contribution in [2.75, 3.05) is 0 Å². The van der Waals surface area contributed by atoms with E-state index in [1.165, 1.54) is 12.5 Å². The van der Waals surface area contributed by atoms with Crippen LogP contribution in [-0.4, -0.2) is 30.6 Å². The monoisotopic (exact) mass is 306 g/mol. The van der Waals surface area contributed by atoms with Gasteiger partial charge in [-0.05, 0) is 12.8 Å². The zero-order valence-corrected chi connectivity index (χ0v) is 12.3. The maximum atomic E-state index is 11.0. The predicted molar refractivity (Wildman–Crippen MR) is 83.5 cm³/mol. The number of benzene rings is 1. The summed E-state index contributed by atoms with van der Waals surface area (Å²) in [4.78, 5) is 24.2. The first kappa shape index (κ1) is 13.6. The standard InChI is InChI=1S/C17H14N4O2/c22-17(23)14-9-21(10-18-14)15-8-13(11-4-2-1-3-5-11)19-16(20-15)12-6-7-12/h1-5,8-10,12H,6-7H2,(H,22,23). The molecule has 23 heavy (non-hydrogen) atoms. The Kier molecular flexibility index (Phi) is 3.15. The lowest BCUT2D eigenvalue weighted by molar-refractivity contribution is 0.0691. The Balaban J connectivity index is 1.82. The average Bonchev–Trinajstić information content (AvgIpc) is 3.31. The number of hydrogen-bond acceptors (Lipinski definition) is 4. The predicted octanol–water partition coefficient (Wildman–Crippen LogP) is 2.90. The summed E-state index contributed by atoms with van der Waals surface area (Å²) in [5.41, 5.74) is 1.84. The Morgan fingerprint density at radius 1 is 1.17 bits per heavy atom. The van der Waals surface area contributed by atoms with Crippen molar-refractivity contribution in [3.05, 3.63) is 60.4 Å². The van der Waals surface area contributed by atoms with E-state index in [1.807, 2.05) is 36.4 Å². The fourth-order valence-electron chi connectivity index (χ4n) is 2.42. The summed E-state index contributed by atoms with van der Waals surface area (Å²) < 4.78 is 1.63. The lowest BCUT2D eigenvalue weighted by Crippen LogP contribution is -2.03. The Bertz CT molecular complexity index is 869. The highest BCUT2D eigenvalue weighted by Crippen LogP contribution is 2.39. The fourth-order valence-corrected chi connectivity index (χ4v) is 2.42. The van der Waals surface area contributed by atoms with Gasteiger partial charge >= 0.3 is 5.97 Å². The zero-order chi connectivity index (χ0) is 15.8. The van der Waals surface area contributed by atoms with E-state index < -0.39 is 5.97 Å². The summed E-state index contributed by atoms with van der Waals surface area (Å²) in [5, 5.41) is 9.02. The molecule has 114 valence electrons. The van der Waals surface area contributed by atoms with E-state index >= 15 is 0 Å². The molecule has 3 aromatic rings. The third-order valence-corrected chi connectivity index (χ3v) is 3.81. The molecular weight excluding hydrogens is 292 g/mol. The second-order valence-electron chi connectivity index (χ2n) is 5.58. The highest BCUT2D eigenvalue weighted by Gasteiger charge is 2.27. The van der Waals surface area contributed by atoms with Gasteiger partial charge in [0.05, 0.1) is 5.69 Å². The maximum absolute atomic E-state index is 11.0. The summed E-state index contributed by atoms with van der Waals surface area (Å²) in [6.07, 6.45) is 5.14. The van der Waals surface area contributed by atoms with Gasteiger partial charge in [-0.2, -0.15) is 0 Å². The number of carbonyl (C=O) groups is 1. The van der Waals surface area contributed by atoms with Gasteiger partial charge in [0.15, 0.2) is 5.69 Å². The van der Waals surface area contributed by atoms with E-state index in [0.717, 1.165) is 29.9 Å². The lowest BCUT2D eigenvalue weighted by atomic mass is 10.1. The summed E-state index contributed by atoms with van der Waals surface area (Å²) in [7, 11) is 0. The van der Waals surface area contributed by atoms with Gasteiger partial charge in [-0.1, -0.05) is 30.3 Å². The molecule has 0 bridgehead atoms. The van der Waals surface area contributed by atoms with E-state index in [4.69, 9.17) is 5.11 Å². The second-order valence-corrected chi connectivity index (χ2v) is 5.58. The molecule has 2 aromatic heterocycles. The Labute approximate surface area is 132 Å². The van der Waals surface area contributed by atoms with Crippen LogP contribution in [0.15, 0.2) is 48.9 Å². The number of rotatable bonds is 4. The van der Waals surface area contributed by atoms with E-state index in [1.54, 1.807) is 4.57 Å². The SMILES string of the molecule is O=C(O)c1cn(-c2cc(-c3ccccc3)nc(C3CC3)n2)cn1. The molecule has 6 nitrogen and oxygen atoms in total. The van der Waals surface area contributed by atoms with Crippen molar-refractivity contribution >= 4 is 5.97 Å². The van der Waals surface area contributed by atoms with E-state index in [0.29, 0.717) is 11.7 Å². The number of aromatic carboxylic acids is 1. The van der Waals surface area contributed by atoms with Crippen LogP contribution in [0.5, 0.6) is 0 Å². The molecule has 1 fully saturated rings. The number of carboxylic acids is 1. The van der Waals surface area contributed by atoms with Gasteiger partial charge in [0.25, 0.3) is 0 Å². The molecule has 0 aliphatic heterocycles. The number of nitrogens with zero attached hydrogens (tertiary/aromatic N) is 4. The molecule has 1 N–H and O–H groups in total. The summed E-state index contributed by atoms with van der Waals surface area (Å²) >= 11 is 0. The summed E-state index contributed by atoms with van der Waals surface area (Å²) in [6.45, 7) is 0. The van der Waals surface area contributed by atoms with Crippen LogP contribution in [-0.2, 0) is 0 Å². The summed E-state index contributed by atoms with van der Waals surface area (Å²) in [5.74, 6) is 0.802. The molecule has 0 spiro atoms. The van der Waals surface area contributed by atoms with Crippen molar-refractivity contribution in [3.63, 3.8) is 0 Å². The highest BCUT2D eigenvalue weighted by atomic mass is 16.4. The fraction of sp³-hybridized carbons (Fsp3) is 0.176. The van der Waals surface area contributed by atoms with Crippen LogP contribution in [0.3, 0.4) is 0 Å². The second kappa shape index (κ2) is 5.31. The minimum atomic E-state index is -1.05. The van der Waals surface area contributed by atoms with Crippen LogP contribution in [0.1, 0.15) is 35.1 Å². The van der Waals surface area contributed by atoms with Gasteiger partial charge in [-0.3, -0.25) is 4.57 Å². The van der Waals surface area contributed by atoms with Crippen molar-refractivity contribution in [2.24, 2.45) is 0 Å². The van der Waals surface area contributed by atoms with Gasteiger partial charge in [0, 0.05) is 23.7 Å². The highest BCUT2D eigenvalue weighted by molar-refractivity contribution is 5.85. The molecule has 0 radical (unpaired) electrons. The van der Waals surface area contributed by atoms with Gasteiger partial charge in [0.1, 0.15) is 18.0 Å². The van der Waals surface area contributed by atoms with Crippen LogP contribution in [0.25, 0.3) is 17.1 Å². The molecule has 2 heterocycles. The van der Waals surface area contributed by atoms with E-state index in [9.17, 15) is 4.79 Å². The molecule has 4 rings (SSSR count). The first-order valence-corrected chi connectivity index (χ1v) is 7.43. The smallest absolute Gasteiger partial charge is 0.356 e. The topological polar surface area (TPSA) is 80.9 Å². The van der Waals surface area contributed by atoms with Crippen molar-refractivity contribution < 1.29 is 9.90 Å². The maximum Gasteiger partial charge on any atom is 0.356 e. The van der Waals surface area contributed by atoms with Crippen LogP contribution >= 0.6 is 0 Å². The molecule has 0 saturated heterocycles. The molecule has 1 aliphatic carbocycles. The van der Waals surface area contributed by atoms with Crippen LogP contribution in [0, 0.1) is 0 Å². The number of imidazole rings is 1. The largest absolute Gasteiger partial charge is 0.476 e. The molecule has 0 amide bonds. The normalized spacial score (nSPS) is 13.9. The number of hydrogen-bond donors (Lipinski definition) is 1. The molecule has 0 unspecified atom stereocenters. The first-order chi connectivity index (χ1) is 11.2. The summed E-state index contributed by atoms with van der Waals surface area (Å²) in [6, 6.07) is 11.7. The molecule has 6 heteroatoms. The van der Waals surface area contributed by atoms with Crippen molar-refractivity contribution in [1.29, 1.82) is 0 Å². The molecular formula is C17H14N4O2. The van der Waals surface area contributed by atoms with Gasteiger partial charge in [-0.25, -0.2) is 19.7 Å². The van der Waals surface area contributed by atoms with Crippen LogP contribution in [0.4, 0.5) is 0 Å². The minimum Gasteiger partial charge on any atom is -0.476 e. The van der Waals surface area contributed by atoms with Crippen LogP contribution in [0.2, 0.25) is 0 Å². The molecule has 1 saturated carbocycles. The molecule has 0 atom stereocenters. The van der Waals surface area contributed by atoms with Crippen LogP contribution < -0.4 is 0 Å². The minimum absolute atomic E-state index is 0.00200. The van der Waals surface area contributed by atoms with Crippen molar-refractivity contribution in [2.45, 2.75) is 18.8 Å². The lowest BCUT2D eigenvalue weighted by Gasteiger charge is -2.08. The van der Waals surface area contributed by atoms with Crippen molar-refractivity contribution in [3.8, 4) is 17.1 Å². The average molecular weight is 306 g/mol. The van der Waals surface area contributed by atoms with Gasteiger partial charge < -0.3 is 5.11 Å². The Morgan fingerprint density at radius 2 is 1.96 bits per heavy atom. The molecule has 1 aliphatic rings. The van der Waals surface area contributed by atoms with Gasteiger partial charge in [-0.15, -0.1) is 0 Å². The van der Waals surface area contributed by atoms with Gasteiger partial charge in [0.2, 0.25) is 0 Å².